The van der Waals surface area contributed by atoms with E-state index in [4.69, 9.17) is 14.0 Å². The molecular formula is C18H27BO4. The maximum absolute atomic E-state index is 11.8. The van der Waals surface area contributed by atoms with Crippen LogP contribution in [0.25, 0.3) is 0 Å². The summed E-state index contributed by atoms with van der Waals surface area (Å²) in [5.41, 5.74) is 0.844. The van der Waals surface area contributed by atoms with Crippen LogP contribution < -0.4 is 5.46 Å². The summed E-state index contributed by atoms with van der Waals surface area (Å²) in [5, 5.41) is 0. The molecule has 1 aliphatic heterocycles. The molecule has 0 atom stereocenters. The van der Waals surface area contributed by atoms with E-state index in [2.05, 4.69) is 0 Å². The Morgan fingerprint density at radius 1 is 1.09 bits per heavy atom. The van der Waals surface area contributed by atoms with Crippen molar-refractivity contribution >= 4 is 18.6 Å². The molecule has 0 aromatic heterocycles. The summed E-state index contributed by atoms with van der Waals surface area (Å²) >= 11 is 0. The number of hydrogen-bond acceptors (Lipinski definition) is 4. The highest BCUT2D eigenvalue weighted by atomic mass is 16.7. The monoisotopic (exact) mass is 318 g/mol. The van der Waals surface area contributed by atoms with Crippen LogP contribution in [0, 0.1) is 5.41 Å². The zero-order valence-corrected chi connectivity index (χ0v) is 15.2. The molecule has 5 heteroatoms. The van der Waals surface area contributed by atoms with Crippen LogP contribution in [0.2, 0.25) is 0 Å². The number of hydrogen-bond donors (Lipinski definition) is 0. The molecule has 1 saturated heterocycles. The minimum Gasteiger partial charge on any atom is -0.469 e. The number of benzene rings is 1. The van der Waals surface area contributed by atoms with Crippen molar-refractivity contribution in [1.82, 2.24) is 0 Å². The van der Waals surface area contributed by atoms with Crippen LogP contribution in [0.3, 0.4) is 0 Å². The second-order valence-corrected chi connectivity index (χ2v) is 7.88. The first-order chi connectivity index (χ1) is 10.5. The van der Waals surface area contributed by atoms with Crippen LogP contribution in [-0.2, 0) is 25.3 Å². The average molecular weight is 318 g/mol. The molecule has 1 aromatic carbocycles. The van der Waals surface area contributed by atoms with Gasteiger partial charge in [-0.3, -0.25) is 4.79 Å². The molecule has 126 valence electrons. The Balaban J connectivity index is 2.11. The van der Waals surface area contributed by atoms with Crippen LogP contribution in [0.5, 0.6) is 0 Å². The van der Waals surface area contributed by atoms with E-state index in [0.29, 0.717) is 6.42 Å². The van der Waals surface area contributed by atoms with Gasteiger partial charge in [0.25, 0.3) is 0 Å². The van der Waals surface area contributed by atoms with E-state index in [1.807, 2.05) is 65.8 Å². The number of carbonyl (C=O) groups is 1. The summed E-state index contributed by atoms with van der Waals surface area (Å²) in [6.45, 7) is 11.9. The normalized spacial score (nSPS) is 19.7. The number of ether oxygens (including phenoxy) is 1. The summed E-state index contributed by atoms with van der Waals surface area (Å²) in [4.78, 5) is 11.8. The molecule has 1 aromatic rings. The fraction of sp³-hybridized carbons (Fsp3) is 0.611. The van der Waals surface area contributed by atoms with Crippen molar-refractivity contribution in [2.75, 3.05) is 7.11 Å². The van der Waals surface area contributed by atoms with Crippen molar-refractivity contribution in [3.8, 4) is 0 Å². The highest BCUT2D eigenvalue weighted by Gasteiger charge is 2.51. The molecule has 0 aliphatic carbocycles. The summed E-state index contributed by atoms with van der Waals surface area (Å²) in [5.74, 6) is -0.201. The first kappa shape index (κ1) is 18.0. The maximum atomic E-state index is 11.8. The van der Waals surface area contributed by atoms with Crippen molar-refractivity contribution in [3.63, 3.8) is 0 Å². The third kappa shape index (κ3) is 3.61. The van der Waals surface area contributed by atoms with Crippen LogP contribution in [-0.4, -0.2) is 31.4 Å². The van der Waals surface area contributed by atoms with Gasteiger partial charge in [-0.05, 0) is 59.0 Å². The van der Waals surface area contributed by atoms with Crippen molar-refractivity contribution in [2.45, 2.75) is 59.2 Å². The Labute approximate surface area is 139 Å². The summed E-state index contributed by atoms with van der Waals surface area (Å²) in [6.07, 6.45) is 0.628. The van der Waals surface area contributed by atoms with Gasteiger partial charge in [0.15, 0.2) is 0 Å². The van der Waals surface area contributed by atoms with Crippen molar-refractivity contribution in [1.29, 1.82) is 0 Å². The smallest absolute Gasteiger partial charge is 0.469 e. The SMILES string of the molecule is COC(=O)C(C)(C)Cc1ccc(B2OC(C)(C)C(C)(C)O2)cc1. The highest BCUT2D eigenvalue weighted by Crippen LogP contribution is 2.36. The predicted octanol–water partition coefficient (Wildman–Crippen LogP) is 2.73. The van der Waals surface area contributed by atoms with Gasteiger partial charge in [-0.1, -0.05) is 24.3 Å². The van der Waals surface area contributed by atoms with Crippen LogP contribution in [0.4, 0.5) is 0 Å². The Hall–Kier alpha value is -1.33. The quantitative estimate of drug-likeness (QED) is 0.632. The largest absolute Gasteiger partial charge is 0.494 e. The molecule has 0 bridgehead atoms. The van der Waals surface area contributed by atoms with Crippen molar-refractivity contribution in [3.05, 3.63) is 29.8 Å². The zero-order chi connectivity index (χ0) is 17.5. The van der Waals surface area contributed by atoms with Gasteiger partial charge in [0, 0.05) is 0 Å². The first-order valence-electron chi connectivity index (χ1n) is 8.01. The van der Waals surface area contributed by atoms with E-state index in [1.54, 1.807) is 0 Å². The van der Waals surface area contributed by atoms with E-state index in [9.17, 15) is 4.79 Å². The van der Waals surface area contributed by atoms with E-state index in [1.165, 1.54) is 7.11 Å². The van der Waals surface area contributed by atoms with Gasteiger partial charge in [0.1, 0.15) is 0 Å². The number of methoxy groups -OCH3 is 1. The Kier molecular flexibility index (Phi) is 4.66. The minimum atomic E-state index is -0.541. The van der Waals surface area contributed by atoms with Gasteiger partial charge in [-0.2, -0.15) is 0 Å². The standard InChI is InChI=1S/C18H27BO4/c1-16(2,15(20)21-7)12-13-8-10-14(11-9-13)19-22-17(3,4)18(5,6)23-19/h8-11H,12H2,1-7H3. The molecular weight excluding hydrogens is 291 g/mol. The Morgan fingerprint density at radius 3 is 2.00 bits per heavy atom. The van der Waals surface area contributed by atoms with Gasteiger partial charge in [0.05, 0.1) is 23.7 Å². The topological polar surface area (TPSA) is 44.8 Å². The Morgan fingerprint density at radius 2 is 1.57 bits per heavy atom. The second kappa shape index (κ2) is 5.95. The summed E-state index contributed by atoms with van der Waals surface area (Å²) in [7, 11) is 1.06. The lowest BCUT2D eigenvalue weighted by atomic mass is 9.77. The molecule has 2 rings (SSSR count). The van der Waals surface area contributed by atoms with Gasteiger partial charge < -0.3 is 14.0 Å². The highest BCUT2D eigenvalue weighted by molar-refractivity contribution is 6.62. The van der Waals surface area contributed by atoms with E-state index < -0.39 is 5.41 Å². The fourth-order valence-corrected chi connectivity index (χ4v) is 2.63. The number of rotatable bonds is 4. The maximum Gasteiger partial charge on any atom is 0.494 e. The van der Waals surface area contributed by atoms with Gasteiger partial charge in [0.2, 0.25) is 0 Å². The predicted molar refractivity (Wildman–Crippen MR) is 91.7 cm³/mol. The lowest BCUT2D eigenvalue weighted by molar-refractivity contribution is -0.150. The summed E-state index contributed by atoms with van der Waals surface area (Å²) in [6, 6.07) is 8.05. The average Bonchev–Trinajstić information content (AvgIpc) is 2.67. The molecule has 1 fully saturated rings. The molecule has 0 radical (unpaired) electrons. The van der Waals surface area contributed by atoms with E-state index in [0.717, 1.165) is 11.0 Å². The summed E-state index contributed by atoms with van der Waals surface area (Å²) < 4.78 is 17.0. The number of esters is 1. The van der Waals surface area contributed by atoms with Gasteiger partial charge in [-0.15, -0.1) is 0 Å². The van der Waals surface area contributed by atoms with Crippen molar-refractivity contribution in [2.24, 2.45) is 5.41 Å². The lowest BCUT2D eigenvalue weighted by Crippen LogP contribution is -2.41. The number of carbonyl (C=O) groups excluding carboxylic acids is 1. The molecule has 23 heavy (non-hydrogen) atoms. The molecule has 1 aliphatic rings. The minimum absolute atomic E-state index is 0.201. The lowest BCUT2D eigenvalue weighted by Gasteiger charge is -2.32. The third-order valence-corrected chi connectivity index (χ3v) is 4.89. The molecule has 0 amide bonds. The van der Waals surface area contributed by atoms with Gasteiger partial charge in [-0.25, -0.2) is 0 Å². The van der Waals surface area contributed by atoms with E-state index in [-0.39, 0.29) is 24.3 Å². The van der Waals surface area contributed by atoms with Crippen LogP contribution >= 0.6 is 0 Å². The molecule has 0 N–H and O–H groups in total. The van der Waals surface area contributed by atoms with Gasteiger partial charge >= 0.3 is 13.1 Å². The molecule has 1 heterocycles. The second-order valence-electron chi connectivity index (χ2n) is 7.88. The van der Waals surface area contributed by atoms with Crippen molar-refractivity contribution < 1.29 is 18.8 Å². The van der Waals surface area contributed by atoms with Crippen LogP contribution in [0.1, 0.15) is 47.1 Å². The van der Waals surface area contributed by atoms with Crippen LogP contribution in [0.15, 0.2) is 24.3 Å². The first-order valence-corrected chi connectivity index (χ1v) is 8.01. The zero-order valence-electron chi connectivity index (χ0n) is 15.2. The molecule has 0 saturated carbocycles. The molecule has 4 nitrogen and oxygen atoms in total. The Bertz CT molecular complexity index is 559. The molecule has 0 unspecified atom stereocenters. The van der Waals surface area contributed by atoms with E-state index >= 15 is 0 Å². The fourth-order valence-electron chi connectivity index (χ4n) is 2.63. The molecule has 0 spiro atoms. The third-order valence-electron chi connectivity index (χ3n) is 4.89.